The van der Waals surface area contributed by atoms with E-state index in [0.717, 1.165) is 0 Å². The number of rotatable bonds is 0. The highest BCUT2D eigenvalue weighted by molar-refractivity contribution is 14.1. The molecular formula is C18H10IN. The van der Waals surface area contributed by atoms with Crippen LogP contribution in [-0.4, -0.2) is 4.40 Å². The van der Waals surface area contributed by atoms with Crippen molar-refractivity contribution in [2.45, 2.75) is 0 Å². The summed E-state index contributed by atoms with van der Waals surface area (Å²) >= 11 is 2.44. The van der Waals surface area contributed by atoms with Gasteiger partial charge in [0.05, 0.1) is 16.6 Å². The van der Waals surface area contributed by atoms with E-state index in [9.17, 15) is 0 Å². The zero-order valence-electron chi connectivity index (χ0n) is 10.6. The number of aromatic nitrogens is 1. The fraction of sp³-hybridized carbons (Fsp3) is 0. The second-order valence-electron chi connectivity index (χ2n) is 5.19. The Hall–Kier alpha value is -1.81. The van der Waals surface area contributed by atoms with Gasteiger partial charge in [-0.3, -0.25) is 0 Å². The Balaban J connectivity index is 2.32. The van der Waals surface area contributed by atoms with Crippen molar-refractivity contribution in [3.05, 3.63) is 64.2 Å². The average molecular weight is 367 g/mol. The molecule has 94 valence electrons. The van der Waals surface area contributed by atoms with Crippen LogP contribution in [0.15, 0.2) is 60.7 Å². The normalized spacial score (nSPS) is 12.2. The molecule has 0 amide bonds. The summed E-state index contributed by atoms with van der Waals surface area (Å²) in [7, 11) is 0. The quantitative estimate of drug-likeness (QED) is 0.321. The van der Waals surface area contributed by atoms with Gasteiger partial charge in [-0.1, -0.05) is 48.5 Å². The van der Waals surface area contributed by atoms with Crippen molar-refractivity contribution < 1.29 is 0 Å². The highest BCUT2D eigenvalue weighted by atomic mass is 127. The highest BCUT2D eigenvalue weighted by Crippen LogP contribution is 2.39. The minimum atomic E-state index is 1.30. The number of para-hydroxylation sites is 3. The Kier molecular flexibility index (Phi) is 1.99. The first-order valence-corrected chi connectivity index (χ1v) is 7.75. The maximum absolute atomic E-state index is 2.44. The lowest BCUT2D eigenvalue weighted by molar-refractivity contribution is 1.36. The van der Waals surface area contributed by atoms with Gasteiger partial charge in [0.25, 0.3) is 0 Å². The second-order valence-corrected chi connectivity index (χ2v) is 6.35. The van der Waals surface area contributed by atoms with Crippen LogP contribution in [0.1, 0.15) is 0 Å². The lowest BCUT2D eigenvalue weighted by atomic mass is 10.1. The standard InChI is InChI=1S/C18H10IN/c19-15-9-4-8-14-13-7-3-6-12-11-5-1-2-10-16(11)20(17(12)13)18(14)15/h1-10H. The first kappa shape index (κ1) is 10.9. The van der Waals surface area contributed by atoms with E-state index < -0.39 is 0 Å². The molecule has 0 unspecified atom stereocenters. The van der Waals surface area contributed by atoms with E-state index in [-0.39, 0.29) is 0 Å². The molecule has 2 aromatic heterocycles. The van der Waals surface area contributed by atoms with Crippen LogP contribution in [-0.2, 0) is 0 Å². The van der Waals surface area contributed by atoms with Crippen molar-refractivity contribution in [3.63, 3.8) is 0 Å². The molecule has 3 aromatic carbocycles. The molecule has 0 aliphatic carbocycles. The summed E-state index contributed by atoms with van der Waals surface area (Å²) < 4.78 is 3.73. The van der Waals surface area contributed by atoms with E-state index in [1.165, 1.54) is 41.7 Å². The number of fused-ring (bicyclic) bond motifs is 6. The molecule has 20 heavy (non-hydrogen) atoms. The van der Waals surface area contributed by atoms with Gasteiger partial charge in [0.15, 0.2) is 0 Å². The van der Waals surface area contributed by atoms with Crippen molar-refractivity contribution in [3.8, 4) is 0 Å². The van der Waals surface area contributed by atoms with Crippen LogP contribution >= 0.6 is 22.6 Å². The number of hydrogen-bond acceptors (Lipinski definition) is 0. The number of hydrogen-bond donors (Lipinski definition) is 0. The van der Waals surface area contributed by atoms with Crippen LogP contribution in [0, 0.1) is 3.57 Å². The molecule has 5 rings (SSSR count). The summed E-state index contributed by atoms with van der Waals surface area (Å²) in [5, 5.41) is 5.40. The maximum Gasteiger partial charge on any atom is 0.0675 e. The molecule has 0 fully saturated rings. The van der Waals surface area contributed by atoms with Gasteiger partial charge >= 0.3 is 0 Å². The fourth-order valence-corrected chi connectivity index (χ4v) is 4.17. The largest absolute Gasteiger partial charge is 0.307 e. The van der Waals surface area contributed by atoms with Crippen molar-refractivity contribution in [1.29, 1.82) is 0 Å². The molecule has 1 nitrogen and oxygen atoms in total. The monoisotopic (exact) mass is 367 g/mol. The van der Waals surface area contributed by atoms with Crippen molar-refractivity contribution >= 4 is 60.7 Å². The van der Waals surface area contributed by atoms with Gasteiger partial charge < -0.3 is 4.40 Å². The molecule has 5 aromatic rings. The smallest absolute Gasteiger partial charge is 0.0675 e. The molecule has 2 heteroatoms. The topological polar surface area (TPSA) is 4.41 Å². The van der Waals surface area contributed by atoms with Crippen LogP contribution in [0.3, 0.4) is 0 Å². The number of nitrogens with zero attached hydrogens (tertiary/aromatic N) is 1. The Labute approximate surface area is 129 Å². The summed E-state index contributed by atoms with van der Waals surface area (Å²) in [5.41, 5.74) is 3.99. The fourth-order valence-electron chi connectivity index (χ4n) is 3.43. The van der Waals surface area contributed by atoms with E-state index in [2.05, 4.69) is 87.7 Å². The molecule has 0 aliphatic rings. The molecule has 0 N–H and O–H groups in total. The van der Waals surface area contributed by atoms with E-state index >= 15 is 0 Å². The molecule has 0 aliphatic heterocycles. The lowest BCUT2D eigenvalue weighted by Crippen LogP contribution is -1.83. The molecule has 0 saturated carbocycles. The molecular weight excluding hydrogens is 357 g/mol. The average Bonchev–Trinajstić information content (AvgIpc) is 3.00. The Morgan fingerprint density at radius 1 is 0.600 bits per heavy atom. The van der Waals surface area contributed by atoms with Gasteiger partial charge in [0.2, 0.25) is 0 Å². The van der Waals surface area contributed by atoms with Gasteiger partial charge in [-0.2, -0.15) is 0 Å². The molecule has 2 heterocycles. The summed E-state index contributed by atoms with van der Waals surface area (Å²) in [4.78, 5) is 0. The predicted molar refractivity (Wildman–Crippen MR) is 93.8 cm³/mol. The number of benzene rings is 3. The number of halogens is 1. The van der Waals surface area contributed by atoms with E-state index in [1.807, 2.05) is 0 Å². The first-order valence-electron chi connectivity index (χ1n) is 6.68. The molecule has 0 saturated heterocycles. The van der Waals surface area contributed by atoms with Crippen LogP contribution < -0.4 is 0 Å². The zero-order chi connectivity index (χ0) is 13.3. The van der Waals surface area contributed by atoms with E-state index in [0.29, 0.717) is 0 Å². The first-order chi connectivity index (χ1) is 9.86. The van der Waals surface area contributed by atoms with Gasteiger partial charge in [-0.15, -0.1) is 0 Å². The third kappa shape index (κ3) is 1.14. The zero-order valence-corrected chi connectivity index (χ0v) is 12.8. The van der Waals surface area contributed by atoms with Crippen LogP contribution in [0.4, 0.5) is 0 Å². The molecule has 0 spiro atoms. The van der Waals surface area contributed by atoms with Crippen molar-refractivity contribution in [2.24, 2.45) is 0 Å². The Morgan fingerprint density at radius 3 is 2.05 bits per heavy atom. The third-order valence-corrected chi connectivity index (χ3v) is 5.07. The summed E-state index contributed by atoms with van der Waals surface area (Å²) in [6.07, 6.45) is 0. The minimum Gasteiger partial charge on any atom is -0.307 e. The summed E-state index contributed by atoms with van der Waals surface area (Å²) in [5.74, 6) is 0. The highest BCUT2D eigenvalue weighted by Gasteiger charge is 2.17. The molecule has 0 bridgehead atoms. The van der Waals surface area contributed by atoms with E-state index in [4.69, 9.17) is 0 Å². The molecule has 0 radical (unpaired) electrons. The minimum absolute atomic E-state index is 1.30. The predicted octanol–water partition coefficient (Wildman–Crippen LogP) is 5.44. The third-order valence-electron chi connectivity index (χ3n) is 4.20. The van der Waals surface area contributed by atoms with Crippen LogP contribution in [0.5, 0.6) is 0 Å². The maximum atomic E-state index is 2.44. The van der Waals surface area contributed by atoms with Gasteiger partial charge in [0.1, 0.15) is 0 Å². The Morgan fingerprint density at radius 2 is 1.20 bits per heavy atom. The van der Waals surface area contributed by atoms with Gasteiger partial charge in [-0.25, -0.2) is 0 Å². The van der Waals surface area contributed by atoms with Gasteiger partial charge in [0, 0.05) is 25.1 Å². The van der Waals surface area contributed by atoms with E-state index in [1.54, 1.807) is 0 Å². The van der Waals surface area contributed by atoms with Gasteiger partial charge in [-0.05, 0) is 34.7 Å². The van der Waals surface area contributed by atoms with Crippen molar-refractivity contribution in [1.82, 2.24) is 4.40 Å². The second kappa shape index (κ2) is 3.64. The SMILES string of the molecule is Ic1cccc2c3cccc4c5ccccc5n(c12)c43. The molecule has 0 atom stereocenters. The van der Waals surface area contributed by atoms with Crippen LogP contribution in [0.2, 0.25) is 0 Å². The summed E-state index contributed by atoms with van der Waals surface area (Å²) in [6, 6.07) is 21.9. The Bertz CT molecular complexity index is 1100. The summed E-state index contributed by atoms with van der Waals surface area (Å²) in [6.45, 7) is 0. The van der Waals surface area contributed by atoms with Crippen molar-refractivity contribution in [2.75, 3.05) is 0 Å². The lowest BCUT2D eigenvalue weighted by Gasteiger charge is -1.99. The van der Waals surface area contributed by atoms with Crippen LogP contribution in [0.25, 0.3) is 38.1 Å².